The van der Waals surface area contributed by atoms with E-state index in [2.05, 4.69) is 6.92 Å². The molecule has 0 N–H and O–H groups in total. The topological polar surface area (TPSA) is 37.4 Å². The van der Waals surface area contributed by atoms with Crippen molar-refractivity contribution in [1.29, 1.82) is 0 Å². The second-order valence-electron chi connectivity index (χ2n) is 4.50. The highest BCUT2D eigenvalue weighted by atomic mass is 32.2. The summed E-state index contributed by atoms with van der Waals surface area (Å²) in [6.07, 6.45) is 3.99. The van der Waals surface area contributed by atoms with E-state index >= 15 is 0 Å². The third-order valence-corrected chi connectivity index (χ3v) is 6.44. The smallest absolute Gasteiger partial charge is 0.206 e. The van der Waals surface area contributed by atoms with Crippen LogP contribution in [0.1, 0.15) is 45.1 Å². The first-order chi connectivity index (χ1) is 8.54. The molecular weight excluding hydrogens is 266 g/mol. The molecule has 0 amide bonds. The van der Waals surface area contributed by atoms with E-state index in [4.69, 9.17) is 0 Å². The Morgan fingerprint density at radius 3 is 2.39 bits per heavy atom. The number of sulfonamides is 1. The molecule has 0 fully saturated rings. The molecule has 0 aliphatic heterocycles. The van der Waals surface area contributed by atoms with Crippen molar-refractivity contribution in [2.24, 2.45) is 0 Å². The largest absolute Gasteiger partial charge is 0.252 e. The monoisotopic (exact) mass is 289 g/mol. The number of unbranched alkanes of at least 4 members (excludes halogenated alkanes) is 2. The van der Waals surface area contributed by atoms with Crippen molar-refractivity contribution >= 4 is 21.4 Å². The van der Waals surface area contributed by atoms with Crippen molar-refractivity contribution < 1.29 is 8.42 Å². The molecule has 0 atom stereocenters. The fourth-order valence-electron chi connectivity index (χ4n) is 1.88. The summed E-state index contributed by atoms with van der Waals surface area (Å²) in [4.78, 5) is 0. The van der Waals surface area contributed by atoms with Crippen LogP contribution in [0, 0.1) is 6.92 Å². The third kappa shape index (κ3) is 3.80. The molecule has 0 aliphatic carbocycles. The van der Waals surface area contributed by atoms with E-state index in [1.165, 1.54) is 11.3 Å². The van der Waals surface area contributed by atoms with Crippen molar-refractivity contribution in [1.82, 2.24) is 4.31 Å². The summed E-state index contributed by atoms with van der Waals surface area (Å²) >= 11 is 1.32. The van der Waals surface area contributed by atoms with Crippen LogP contribution in [0.4, 0.5) is 0 Å². The molecule has 1 aromatic rings. The first-order valence-corrected chi connectivity index (χ1v) is 8.90. The van der Waals surface area contributed by atoms with Gasteiger partial charge >= 0.3 is 0 Å². The molecule has 0 unspecified atom stereocenters. The predicted molar refractivity (Wildman–Crippen MR) is 77.6 cm³/mol. The second kappa shape index (κ2) is 7.26. The van der Waals surface area contributed by atoms with Gasteiger partial charge in [0.1, 0.15) is 4.21 Å². The average Bonchev–Trinajstić information content (AvgIpc) is 2.75. The van der Waals surface area contributed by atoms with E-state index in [1.54, 1.807) is 4.31 Å². The predicted octanol–water partition coefficient (Wildman–Crippen LogP) is 3.65. The van der Waals surface area contributed by atoms with Crippen molar-refractivity contribution in [2.75, 3.05) is 13.1 Å². The van der Waals surface area contributed by atoms with E-state index in [0.717, 1.165) is 31.2 Å². The van der Waals surface area contributed by atoms with Crippen LogP contribution in [0.25, 0.3) is 0 Å². The normalized spacial score (nSPS) is 12.2. The molecule has 0 aromatic carbocycles. The van der Waals surface area contributed by atoms with E-state index in [1.807, 2.05) is 25.3 Å². The van der Waals surface area contributed by atoms with Gasteiger partial charge in [-0.15, -0.1) is 11.3 Å². The van der Waals surface area contributed by atoms with E-state index in [9.17, 15) is 8.42 Å². The minimum absolute atomic E-state index is 0.507. The average molecular weight is 289 g/mol. The van der Waals surface area contributed by atoms with Gasteiger partial charge in [-0.05, 0) is 36.8 Å². The molecule has 5 heteroatoms. The van der Waals surface area contributed by atoms with Crippen LogP contribution in [0.5, 0.6) is 0 Å². The Balaban J connectivity index is 2.87. The van der Waals surface area contributed by atoms with Crippen molar-refractivity contribution in [3.05, 3.63) is 17.0 Å². The Hall–Kier alpha value is -0.390. The highest BCUT2D eigenvalue weighted by Crippen LogP contribution is 2.25. The van der Waals surface area contributed by atoms with Crippen LogP contribution in [0.2, 0.25) is 0 Å². The lowest BCUT2D eigenvalue weighted by atomic mass is 10.2. The first kappa shape index (κ1) is 15.7. The lowest BCUT2D eigenvalue weighted by Crippen LogP contribution is -2.32. The number of hydrogen-bond donors (Lipinski definition) is 0. The quantitative estimate of drug-likeness (QED) is 0.685. The molecule has 1 aromatic heterocycles. The fourth-order valence-corrected chi connectivity index (χ4v) is 5.00. The standard InChI is InChI=1S/C13H23NO2S2/c1-4-6-7-10-14(9-5-2)18(15,16)13-12(3)8-11-17-13/h8,11H,4-7,9-10H2,1-3H3. The Morgan fingerprint density at radius 2 is 1.89 bits per heavy atom. The van der Waals surface area contributed by atoms with E-state index in [0.29, 0.717) is 17.3 Å². The third-order valence-electron chi connectivity index (χ3n) is 2.87. The van der Waals surface area contributed by atoms with Crippen LogP contribution in [-0.2, 0) is 10.0 Å². The molecule has 0 radical (unpaired) electrons. The number of aryl methyl sites for hydroxylation is 1. The first-order valence-electron chi connectivity index (χ1n) is 6.58. The summed E-state index contributed by atoms with van der Waals surface area (Å²) in [6, 6.07) is 1.87. The van der Waals surface area contributed by atoms with Crippen LogP contribution >= 0.6 is 11.3 Å². The number of rotatable bonds is 8. The summed E-state index contributed by atoms with van der Waals surface area (Å²) in [5, 5.41) is 1.85. The van der Waals surface area contributed by atoms with Crippen molar-refractivity contribution in [2.45, 2.75) is 50.7 Å². The number of nitrogens with zero attached hydrogens (tertiary/aromatic N) is 1. The highest BCUT2D eigenvalue weighted by Gasteiger charge is 2.25. The molecule has 0 saturated carbocycles. The van der Waals surface area contributed by atoms with Gasteiger partial charge in [0, 0.05) is 13.1 Å². The minimum Gasteiger partial charge on any atom is -0.206 e. The maximum absolute atomic E-state index is 12.5. The number of hydrogen-bond acceptors (Lipinski definition) is 3. The zero-order valence-corrected chi connectivity index (χ0v) is 13.1. The summed E-state index contributed by atoms with van der Waals surface area (Å²) < 4.78 is 27.2. The summed E-state index contributed by atoms with van der Waals surface area (Å²) in [7, 11) is -3.28. The Kier molecular flexibility index (Phi) is 6.32. The van der Waals surface area contributed by atoms with Crippen molar-refractivity contribution in [3.63, 3.8) is 0 Å². The van der Waals surface area contributed by atoms with Gasteiger partial charge in [-0.1, -0.05) is 26.7 Å². The fraction of sp³-hybridized carbons (Fsp3) is 0.692. The van der Waals surface area contributed by atoms with Crippen LogP contribution in [0.15, 0.2) is 15.7 Å². The Morgan fingerprint density at radius 1 is 1.17 bits per heavy atom. The molecular formula is C13H23NO2S2. The molecule has 0 aliphatic rings. The van der Waals surface area contributed by atoms with Gasteiger partial charge in [0.2, 0.25) is 0 Å². The summed E-state index contributed by atoms with van der Waals surface area (Å²) in [6.45, 7) is 7.26. The SMILES string of the molecule is CCCCCN(CCC)S(=O)(=O)c1sccc1C. The molecule has 18 heavy (non-hydrogen) atoms. The maximum atomic E-state index is 12.5. The van der Waals surface area contributed by atoms with Gasteiger partial charge in [-0.25, -0.2) is 8.42 Å². The molecule has 104 valence electrons. The summed E-state index contributed by atoms with van der Waals surface area (Å²) in [5.74, 6) is 0. The van der Waals surface area contributed by atoms with Crippen LogP contribution in [-0.4, -0.2) is 25.8 Å². The lowest BCUT2D eigenvalue weighted by molar-refractivity contribution is 0.399. The van der Waals surface area contributed by atoms with Gasteiger partial charge in [0.15, 0.2) is 0 Å². The second-order valence-corrected chi connectivity index (χ2v) is 7.55. The zero-order valence-electron chi connectivity index (χ0n) is 11.5. The van der Waals surface area contributed by atoms with Crippen molar-refractivity contribution in [3.8, 4) is 0 Å². The highest BCUT2D eigenvalue weighted by molar-refractivity contribution is 7.91. The molecule has 0 bridgehead atoms. The van der Waals surface area contributed by atoms with E-state index in [-0.39, 0.29) is 0 Å². The summed E-state index contributed by atoms with van der Waals surface area (Å²) in [5.41, 5.74) is 0.858. The zero-order chi connectivity index (χ0) is 13.6. The van der Waals surface area contributed by atoms with Gasteiger partial charge in [-0.3, -0.25) is 0 Å². The van der Waals surface area contributed by atoms with Gasteiger partial charge in [0.25, 0.3) is 10.0 Å². The maximum Gasteiger partial charge on any atom is 0.252 e. The molecule has 0 spiro atoms. The van der Waals surface area contributed by atoms with Gasteiger partial charge in [-0.2, -0.15) is 4.31 Å². The van der Waals surface area contributed by atoms with E-state index < -0.39 is 10.0 Å². The Bertz CT molecular complexity index is 451. The van der Waals surface area contributed by atoms with Crippen LogP contribution in [0.3, 0.4) is 0 Å². The molecule has 3 nitrogen and oxygen atoms in total. The molecule has 1 rings (SSSR count). The van der Waals surface area contributed by atoms with Gasteiger partial charge in [0.05, 0.1) is 0 Å². The molecule has 1 heterocycles. The van der Waals surface area contributed by atoms with Crippen LogP contribution < -0.4 is 0 Å². The molecule has 0 saturated heterocycles. The Labute approximate surface area is 115 Å². The van der Waals surface area contributed by atoms with Gasteiger partial charge < -0.3 is 0 Å². The number of thiophene rings is 1. The minimum atomic E-state index is -3.28. The lowest BCUT2D eigenvalue weighted by Gasteiger charge is -2.21.